The molecule has 2 heteroatoms. The van der Waals surface area contributed by atoms with Gasteiger partial charge in [-0.25, -0.2) is 0 Å². The third-order valence-corrected chi connectivity index (χ3v) is 12.2. The van der Waals surface area contributed by atoms with Crippen molar-refractivity contribution in [1.82, 2.24) is 0 Å². The Labute approximate surface area is 353 Å². The molecule has 0 fully saturated rings. The maximum absolute atomic E-state index is 6.29. The van der Waals surface area contributed by atoms with Gasteiger partial charge in [0.15, 0.2) is 0 Å². The number of para-hydroxylation sites is 2. The van der Waals surface area contributed by atoms with E-state index in [0.29, 0.717) is 0 Å². The number of furan rings is 1. The molecule has 0 N–H and O–H groups in total. The van der Waals surface area contributed by atoms with E-state index in [1.807, 2.05) is 12.1 Å². The Bertz CT molecular complexity index is 3180. The molecule has 0 aliphatic rings. The van der Waals surface area contributed by atoms with Crippen molar-refractivity contribution >= 4 is 60.5 Å². The molecular formula is C58H49NO. The fourth-order valence-electron chi connectivity index (χ4n) is 8.87. The zero-order chi connectivity index (χ0) is 41.2. The van der Waals surface area contributed by atoms with Crippen LogP contribution in [0.25, 0.3) is 76.9 Å². The maximum atomic E-state index is 6.29. The lowest BCUT2D eigenvalue weighted by Gasteiger charge is -2.30. The molecule has 9 aromatic carbocycles. The molecule has 0 aliphatic carbocycles. The molecule has 10 rings (SSSR count). The van der Waals surface area contributed by atoms with Crippen LogP contribution < -0.4 is 4.90 Å². The van der Waals surface area contributed by atoms with E-state index in [1.165, 1.54) is 54.9 Å². The van der Waals surface area contributed by atoms with Crippen molar-refractivity contribution in [1.29, 1.82) is 0 Å². The fourth-order valence-corrected chi connectivity index (χ4v) is 8.87. The summed E-state index contributed by atoms with van der Waals surface area (Å²) in [7, 11) is 0. The van der Waals surface area contributed by atoms with E-state index in [1.54, 1.807) is 0 Å². The fraction of sp³-hybridized carbons (Fsp3) is 0.138. The molecule has 0 spiro atoms. The second kappa shape index (κ2) is 14.4. The van der Waals surface area contributed by atoms with Gasteiger partial charge in [0, 0.05) is 27.4 Å². The average molecular weight is 776 g/mol. The van der Waals surface area contributed by atoms with Gasteiger partial charge in [-0.3, -0.25) is 0 Å². The topological polar surface area (TPSA) is 16.4 Å². The number of anilines is 3. The summed E-state index contributed by atoms with van der Waals surface area (Å²) in [6.45, 7) is 13.9. The minimum atomic E-state index is 0.00467. The summed E-state index contributed by atoms with van der Waals surface area (Å²) in [5.41, 5.74) is 15.0. The molecule has 1 aromatic heterocycles. The molecule has 0 radical (unpaired) electrons. The maximum Gasteiger partial charge on any atom is 0.136 e. The lowest BCUT2D eigenvalue weighted by Crippen LogP contribution is -2.16. The highest BCUT2D eigenvalue weighted by atomic mass is 16.3. The Kier molecular flexibility index (Phi) is 8.99. The molecule has 292 valence electrons. The third kappa shape index (κ3) is 6.63. The standard InChI is InChI=1S/C58H49NO/c1-57(2,3)43-34-42(35-44(37-43)58(4,5)6)47-23-13-18-40-19-14-24-51(56(40)47)48-21-9-11-25-53(48)59(52-26-15-17-39-16-7-8-20-46(39)52)45-31-28-38(29-32-45)41-30-33-50-49-22-10-12-27-54(49)60-55(50)36-41/h7-37H,1-6H3. The number of fused-ring (bicyclic) bond motifs is 5. The average Bonchev–Trinajstić information content (AvgIpc) is 3.64. The molecule has 60 heavy (non-hydrogen) atoms. The molecule has 0 bridgehead atoms. The Morgan fingerprint density at radius 1 is 0.367 bits per heavy atom. The first-order valence-electron chi connectivity index (χ1n) is 21.1. The van der Waals surface area contributed by atoms with Gasteiger partial charge in [0.25, 0.3) is 0 Å². The molecule has 0 unspecified atom stereocenters. The van der Waals surface area contributed by atoms with Crippen molar-refractivity contribution in [3.05, 3.63) is 199 Å². The van der Waals surface area contributed by atoms with E-state index in [9.17, 15) is 0 Å². The number of hydrogen-bond donors (Lipinski definition) is 0. The monoisotopic (exact) mass is 775 g/mol. The van der Waals surface area contributed by atoms with Gasteiger partial charge in [-0.2, -0.15) is 0 Å². The summed E-state index contributed by atoms with van der Waals surface area (Å²) >= 11 is 0. The van der Waals surface area contributed by atoms with Crippen molar-refractivity contribution in [3.8, 4) is 33.4 Å². The highest BCUT2D eigenvalue weighted by molar-refractivity contribution is 6.10. The predicted octanol–water partition coefficient (Wildman–Crippen LogP) is 17.0. The molecule has 0 atom stereocenters. The SMILES string of the molecule is CC(C)(C)c1cc(-c2cccc3cccc(-c4ccccc4N(c4ccc(-c5ccc6c(c5)oc5ccccc56)cc4)c4cccc5ccccc45)c23)cc(C(C)(C)C)c1. The minimum Gasteiger partial charge on any atom is -0.456 e. The van der Waals surface area contributed by atoms with Crippen LogP contribution in [0.4, 0.5) is 17.1 Å². The van der Waals surface area contributed by atoms with Crippen LogP contribution in [0.1, 0.15) is 52.7 Å². The Morgan fingerprint density at radius 2 is 0.917 bits per heavy atom. The van der Waals surface area contributed by atoms with Crippen LogP contribution in [0.3, 0.4) is 0 Å². The van der Waals surface area contributed by atoms with Gasteiger partial charge < -0.3 is 9.32 Å². The number of hydrogen-bond acceptors (Lipinski definition) is 2. The molecule has 0 saturated carbocycles. The van der Waals surface area contributed by atoms with Crippen molar-refractivity contribution in [3.63, 3.8) is 0 Å². The summed E-state index contributed by atoms with van der Waals surface area (Å²) in [5.74, 6) is 0. The first kappa shape index (κ1) is 37.4. The van der Waals surface area contributed by atoms with Crippen LogP contribution in [0.5, 0.6) is 0 Å². The highest BCUT2D eigenvalue weighted by Gasteiger charge is 2.24. The van der Waals surface area contributed by atoms with Crippen LogP contribution in [0, 0.1) is 0 Å². The van der Waals surface area contributed by atoms with Crippen LogP contribution in [0.2, 0.25) is 0 Å². The van der Waals surface area contributed by atoms with Crippen molar-refractivity contribution in [2.75, 3.05) is 4.90 Å². The summed E-state index contributed by atoms with van der Waals surface area (Å²) in [5, 5.41) is 7.16. The van der Waals surface area contributed by atoms with E-state index in [-0.39, 0.29) is 10.8 Å². The van der Waals surface area contributed by atoms with Crippen LogP contribution in [0.15, 0.2) is 192 Å². The van der Waals surface area contributed by atoms with E-state index in [0.717, 1.165) is 50.1 Å². The van der Waals surface area contributed by atoms with Crippen molar-refractivity contribution < 1.29 is 4.42 Å². The molecular weight excluding hydrogens is 727 g/mol. The quantitative estimate of drug-likeness (QED) is 0.167. The van der Waals surface area contributed by atoms with Gasteiger partial charge in [0.1, 0.15) is 11.2 Å². The van der Waals surface area contributed by atoms with Gasteiger partial charge >= 0.3 is 0 Å². The molecule has 1 heterocycles. The second-order valence-electron chi connectivity index (χ2n) is 18.2. The zero-order valence-electron chi connectivity index (χ0n) is 35.3. The van der Waals surface area contributed by atoms with Crippen LogP contribution >= 0.6 is 0 Å². The normalized spacial score (nSPS) is 12.2. The van der Waals surface area contributed by atoms with Gasteiger partial charge in [0.05, 0.1) is 11.4 Å². The van der Waals surface area contributed by atoms with Crippen molar-refractivity contribution in [2.24, 2.45) is 0 Å². The van der Waals surface area contributed by atoms with Gasteiger partial charge in [-0.15, -0.1) is 0 Å². The highest BCUT2D eigenvalue weighted by Crippen LogP contribution is 2.47. The first-order chi connectivity index (χ1) is 29.0. The summed E-state index contributed by atoms with van der Waals surface area (Å²) < 4.78 is 6.29. The summed E-state index contributed by atoms with van der Waals surface area (Å²) in [6, 6.07) is 68.9. The van der Waals surface area contributed by atoms with Gasteiger partial charge in [-0.1, -0.05) is 187 Å². The molecule has 0 saturated heterocycles. The van der Waals surface area contributed by atoms with E-state index >= 15 is 0 Å². The summed E-state index contributed by atoms with van der Waals surface area (Å²) in [6.07, 6.45) is 0. The Balaban J connectivity index is 1.16. The lowest BCUT2D eigenvalue weighted by molar-refractivity contribution is 0.569. The largest absolute Gasteiger partial charge is 0.456 e. The Morgan fingerprint density at radius 3 is 1.67 bits per heavy atom. The second-order valence-corrected chi connectivity index (χ2v) is 18.2. The van der Waals surface area contributed by atoms with Gasteiger partial charge in [-0.05, 0) is 108 Å². The molecule has 0 amide bonds. The molecule has 10 aromatic rings. The molecule has 2 nitrogen and oxygen atoms in total. The van der Waals surface area contributed by atoms with Crippen LogP contribution in [-0.4, -0.2) is 0 Å². The van der Waals surface area contributed by atoms with Crippen molar-refractivity contribution in [2.45, 2.75) is 52.4 Å². The zero-order valence-corrected chi connectivity index (χ0v) is 35.3. The number of benzene rings is 9. The minimum absolute atomic E-state index is 0.00467. The van der Waals surface area contributed by atoms with Crippen LogP contribution in [-0.2, 0) is 10.8 Å². The number of nitrogens with zero attached hydrogens (tertiary/aromatic N) is 1. The first-order valence-corrected chi connectivity index (χ1v) is 21.1. The third-order valence-electron chi connectivity index (χ3n) is 12.2. The van der Waals surface area contributed by atoms with E-state index < -0.39 is 0 Å². The van der Waals surface area contributed by atoms with E-state index in [4.69, 9.17) is 4.42 Å². The molecule has 0 aliphatic heterocycles. The predicted molar refractivity (Wildman–Crippen MR) is 257 cm³/mol. The lowest BCUT2D eigenvalue weighted by atomic mass is 9.78. The van der Waals surface area contributed by atoms with Gasteiger partial charge in [0.2, 0.25) is 0 Å². The summed E-state index contributed by atoms with van der Waals surface area (Å²) in [4.78, 5) is 2.45. The van der Waals surface area contributed by atoms with E-state index in [2.05, 4.69) is 222 Å². The smallest absolute Gasteiger partial charge is 0.136 e. The number of rotatable bonds is 6. The Hall–Kier alpha value is -6.90.